The van der Waals surface area contributed by atoms with Crippen LogP contribution in [0.1, 0.15) is 47.4 Å². The van der Waals surface area contributed by atoms with Crippen molar-refractivity contribution in [2.75, 3.05) is 5.32 Å². The maximum absolute atomic E-state index is 12.6. The monoisotopic (exact) mass is 332 g/mol. The number of hydrogen-bond donors (Lipinski definition) is 2. The number of aromatic amines is 1. The first-order valence-corrected chi connectivity index (χ1v) is 8.66. The molecule has 0 atom stereocenters. The van der Waals surface area contributed by atoms with Gasteiger partial charge in [0.25, 0.3) is 5.91 Å². The predicted molar refractivity (Wildman–Crippen MR) is 97.6 cm³/mol. The number of rotatable bonds is 5. The Balaban J connectivity index is 1.56. The summed E-state index contributed by atoms with van der Waals surface area (Å²) < 4.78 is 0. The second-order valence-corrected chi connectivity index (χ2v) is 6.36. The highest BCUT2D eigenvalue weighted by molar-refractivity contribution is 6.06. The Hall–Kier alpha value is -2.95. The molecule has 1 heterocycles. The molecule has 0 radical (unpaired) electrons. The maximum Gasteiger partial charge on any atom is 0.255 e. The number of aryl methyl sites for hydroxylation is 1. The summed E-state index contributed by atoms with van der Waals surface area (Å²) in [7, 11) is 0. The van der Waals surface area contributed by atoms with Crippen LogP contribution in [-0.4, -0.2) is 21.1 Å². The Morgan fingerprint density at radius 2 is 1.92 bits per heavy atom. The molecule has 2 N–H and O–H groups in total. The lowest BCUT2D eigenvalue weighted by Crippen LogP contribution is -2.12. The molecule has 1 aliphatic carbocycles. The zero-order valence-corrected chi connectivity index (χ0v) is 14.1. The number of carbonyl (C=O) groups is 1. The second kappa shape index (κ2) is 6.51. The van der Waals surface area contributed by atoms with Crippen LogP contribution in [0.5, 0.6) is 0 Å². The highest BCUT2D eigenvalue weighted by Gasteiger charge is 2.23. The Morgan fingerprint density at radius 1 is 1.16 bits per heavy atom. The number of para-hydroxylation sites is 1. The Bertz CT molecular complexity index is 894. The first kappa shape index (κ1) is 15.6. The number of aromatic nitrogens is 3. The van der Waals surface area contributed by atoms with Gasteiger partial charge in [-0.15, -0.1) is 0 Å². The number of benzene rings is 2. The minimum Gasteiger partial charge on any atom is -0.321 e. The fourth-order valence-corrected chi connectivity index (χ4v) is 2.88. The number of H-pyrrole nitrogens is 1. The van der Waals surface area contributed by atoms with Crippen molar-refractivity contribution in [1.29, 1.82) is 0 Å². The fraction of sp³-hybridized carbons (Fsp3) is 0.250. The third-order valence-electron chi connectivity index (χ3n) is 4.50. The number of hydrogen-bond acceptors (Lipinski definition) is 3. The highest BCUT2D eigenvalue weighted by Crippen LogP contribution is 2.39. The molecule has 0 unspecified atom stereocenters. The number of anilines is 1. The van der Waals surface area contributed by atoms with Gasteiger partial charge in [-0.1, -0.05) is 31.2 Å². The van der Waals surface area contributed by atoms with Gasteiger partial charge < -0.3 is 5.32 Å². The Morgan fingerprint density at radius 3 is 2.60 bits per heavy atom. The molecule has 25 heavy (non-hydrogen) atoms. The molecule has 4 rings (SSSR count). The molecule has 5 nitrogen and oxygen atoms in total. The number of nitrogens with zero attached hydrogens (tertiary/aromatic N) is 2. The lowest BCUT2D eigenvalue weighted by molar-refractivity contribution is 0.102. The molecule has 1 amide bonds. The molecule has 0 spiro atoms. The molecule has 1 fully saturated rings. The summed E-state index contributed by atoms with van der Waals surface area (Å²) in [6.45, 7) is 2.02. The second-order valence-electron chi connectivity index (χ2n) is 6.36. The quantitative estimate of drug-likeness (QED) is 0.737. The Kier molecular flexibility index (Phi) is 4.06. The van der Waals surface area contributed by atoms with Crippen LogP contribution < -0.4 is 5.32 Å². The van der Waals surface area contributed by atoms with E-state index >= 15 is 0 Å². The predicted octanol–water partition coefficient (Wildman–Crippen LogP) is 4.16. The van der Waals surface area contributed by atoms with E-state index in [9.17, 15) is 4.79 Å². The zero-order valence-electron chi connectivity index (χ0n) is 14.1. The van der Waals surface area contributed by atoms with E-state index in [0.29, 0.717) is 23.0 Å². The summed E-state index contributed by atoms with van der Waals surface area (Å²) in [6.07, 6.45) is 3.31. The minimum atomic E-state index is -0.124. The SMILES string of the molecule is CCc1nc(-c2ccccc2NC(=O)c2ccc(C3CC3)cc2)n[nH]1. The van der Waals surface area contributed by atoms with Gasteiger partial charge in [-0.2, -0.15) is 5.10 Å². The van der Waals surface area contributed by atoms with Gasteiger partial charge in [-0.3, -0.25) is 9.89 Å². The Labute approximate surface area is 146 Å². The van der Waals surface area contributed by atoms with Crippen molar-refractivity contribution in [2.45, 2.75) is 32.1 Å². The van der Waals surface area contributed by atoms with E-state index in [1.54, 1.807) is 0 Å². The van der Waals surface area contributed by atoms with Crippen molar-refractivity contribution in [3.05, 3.63) is 65.5 Å². The van der Waals surface area contributed by atoms with Crippen LogP contribution in [0.2, 0.25) is 0 Å². The van der Waals surface area contributed by atoms with Crippen molar-refractivity contribution in [3.8, 4) is 11.4 Å². The van der Waals surface area contributed by atoms with Gasteiger partial charge in [0, 0.05) is 17.5 Å². The molecular formula is C20H20N4O. The van der Waals surface area contributed by atoms with E-state index in [1.165, 1.54) is 18.4 Å². The van der Waals surface area contributed by atoms with Crippen LogP contribution in [0.4, 0.5) is 5.69 Å². The van der Waals surface area contributed by atoms with E-state index in [-0.39, 0.29) is 5.91 Å². The molecule has 2 aromatic carbocycles. The molecule has 1 aliphatic rings. The van der Waals surface area contributed by atoms with Gasteiger partial charge >= 0.3 is 0 Å². The third-order valence-corrected chi connectivity index (χ3v) is 4.50. The van der Waals surface area contributed by atoms with Gasteiger partial charge in [0.1, 0.15) is 5.82 Å². The lowest BCUT2D eigenvalue weighted by Gasteiger charge is -2.09. The number of nitrogens with one attached hydrogen (secondary N) is 2. The summed E-state index contributed by atoms with van der Waals surface area (Å²) in [4.78, 5) is 17.1. The number of carbonyl (C=O) groups excluding carboxylic acids is 1. The lowest BCUT2D eigenvalue weighted by atomic mass is 10.1. The van der Waals surface area contributed by atoms with Crippen molar-refractivity contribution in [1.82, 2.24) is 15.2 Å². The van der Waals surface area contributed by atoms with E-state index in [2.05, 4.69) is 32.6 Å². The van der Waals surface area contributed by atoms with Gasteiger partial charge in [-0.05, 0) is 48.6 Å². The van der Waals surface area contributed by atoms with Gasteiger partial charge in [-0.25, -0.2) is 4.98 Å². The number of amides is 1. The summed E-state index contributed by atoms with van der Waals surface area (Å²) in [5.74, 6) is 1.99. The molecule has 1 saturated carbocycles. The molecule has 5 heteroatoms. The maximum atomic E-state index is 12.6. The summed E-state index contributed by atoms with van der Waals surface area (Å²) in [6, 6.07) is 15.5. The van der Waals surface area contributed by atoms with E-state index in [0.717, 1.165) is 17.8 Å². The van der Waals surface area contributed by atoms with Crippen molar-refractivity contribution < 1.29 is 4.79 Å². The molecule has 0 aliphatic heterocycles. The average molecular weight is 332 g/mol. The molecule has 126 valence electrons. The van der Waals surface area contributed by atoms with E-state index in [1.807, 2.05) is 43.3 Å². The summed E-state index contributed by atoms with van der Waals surface area (Å²) >= 11 is 0. The zero-order chi connectivity index (χ0) is 17.2. The first-order valence-electron chi connectivity index (χ1n) is 8.66. The van der Waals surface area contributed by atoms with Crippen molar-refractivity contribution >= 4 is 11.6 Å². The molecule has 0 bridgehead atoms. The topological polar surface area (TPSA) is 70.7 Å². The minimum absolute atomic E-state index is 0.124. The molecule has 3 aromatic rings. The van der Waals surface area contributed by atoms with Crippen LogP contribution in [0, 0.1) is 0 Å². The average Bonchev–Trinajstić information content (AvgIpc) is 3.40. The molecule has 1 aromatic heterocycles. The van der Waals surface area contributed by atoms with Crippen LogP contribution in [0.15, 0.2) is 48.5 Å². The highest BCUT2D eigenvalue weighted by atomic mass is 16.1. The molecule has 0 saturated heterocycles. The van der Waals surface area contributed by atoms with Crippen LogP contribution in [-0.2, 0) is 6.42 Å². The van der Waals surface area contributed by atoms with E-state index in [4.69, 9.17) is 0 Å². The van der Waals surface area contributed by atoms with Gasteiger partial charge in [0.05, 0.1) is 5.69 Å². The first-order chi connectivity index (χ1) is 12.2. The van der Waals surface area contributed by atoms with Gasteiger partial charge in [0.15, 0.2) is 5.82 Å². The van der Waals surface area contributed by atoms with Crippen LogP contribution >= 0.6 is 0 Å². The van der Waals surface area contributed by atoms with Crippen LogP contribution in [0.3, 0.4) is 0 Å². The standard InChI is InChI=1S/C20H20N4O/c1-2-18-22-19(24-23-18)16-5-3-4-6-17(16)21-20(25)15-11-9-14(10-12-15)13-7-8-13/h3-6,9-13H,2,7-8H2,1H3,(H,21,25)(H,22,23,24). The summed E-state index contributed by atoms with van der Waals surface area (Å²) in [5, 5.41) is 10.1. The van der Waals surface area contributed by atoms with Crippen LogP contribution in [0.25, 0.3) is 11.4 Å². The van der Waals surface area contributed by atoms with Crippen molar-refractivity contribution in [3.63, 3.8) is 0 Å². The normalized spacial score (nSPS) is 13.6. The van der Waals surface area contributed by atoms with E-state index < -0.39 is 0 Å². The van der Waals surface area contributed by atoms with Gasteiger partial charge in [0.2, 0.25) is 0 Å². The summed E-state index contributed by atoms with van der Waals surface area (Å²) in [5.41, 5.74) is 3.50. The van der Waals surface area contributed by atoms with Crippen molar-refractivity contribution in [2.24, 2.45) is 0 Å². The smallest absolute Gasteiger partial charge is 0.255 e. The largest absolute Gasteiger partial charge is 0.321 e. The fourth-order valence-electron chi connectivity index (χ4n) is 2.88. The molecular weight excluding hydrogens is 312 g/mol. The third kappa shape index (κ3) is 3.31.